The third-order valence-corrected chi connectivity index (χ3v) is 7.46. The second-order valence-corrected chi connectivity index (χ2v) is 9.73. The second-order valence-electron chi connectivity index (χ2n) is 9.73. The van der Waals surface area contributed by atoms with Gasteiger partial charge in [0.15, 0.2) is 0 Å². The van der Waals surface area contributed by atoms with Crippen LogP contribution in [0.3, 0.4) is 0 Å². The third-order valence-electron chi connectivity index (χ3n) is 7.46. The minimum atomic E-state index is 0.0808. The Morgan fingerprint density at radius 1 is 0.833 bits per heavy atom. The molecule has 2 fully saturated rings. The van der Waals surface area contributed by atoms with Gasteiger partial charge in [-0.1, -0.05) is 37.3 Å². The van der Waals surface area contributed by atoms with Crippen LogP contribution in [0.1, 0.15) is 57.5 Å². The van der Waals surface area contributed by atoms with Crippen molar-refractivity contribution in [1.29, 1.82) is 0 Å². The van der Waals surface area contributed by atoms with E-state index < -0.39 is 0 Å². The van der Waals surface area contributed by atoms with Crippen molar-refractivity contribution < 1.29 is 9.59 Å². The molecule has 3 heterocycles. The monoisotopic (exact) mass is 482 g/mol. The smallest absolute Gasteiger partial charge is 0.253 e. The number of piperazine rings is 1. The van der Waals surface area contributed by atoms with Crippen molar-refractivity contribution >= 4 is 17.6 Å². The fourth-order valence-corrected chi connectivity index (χ4v) is 5.29. The molecule has 6 nitrogen and oxygen atoms in total. The van der Waals surface area contributed by atoms with Gasteiger partial charge in [-0.3, -0.25) is 9.59 Å². The van der Waals surface area contributed by atoms with Gasteiger partial charge < -0.3 is 14.7 Å². The van der Waals surface area contributed by atoms with E-state index in [9.17, 15) is 9.59 Å². The summed E-state index contributed by atoms with van der Waals surface area (Å²) in [5.41, 5.74) is 3.87. The van der Waals surface area contributed by atoms with Crippen molar-refractivity contribution in [3.05, 3.63) is 95.2 Å². The normalized spacial score (nSPS) is 18.2. The molecule has 2 aliphatic heterocycles. The largest absolute Gasteiger partial charge is 0.353 e. The average molecular weight is 483 g/mol. The van der Waals surface area contributed by atoms with Gasteiger partial charge in [0.25, 0.3) is 11.8 Å². The van der Waals surface area contributed by atoms with Crippen LogP contribution in [0.5, 0.6) is 0 Å². The highest BCUT2D eigenvalue weighted by Crippen LogP contribution is 2.29. The third kappa shape index (κ3) is 5.27. The highest BCUT2D eigenvalue weighted by molar-refractivity contribution is 5.95. The summed E-state index contributed by atoms with van der Waals surface area (Å²) in [6.07, 6.45) is 4.77. The maximum atomic E-state index is 13.3. The Morgan fingerprint density at radius 2 is 1.61 bits per heavy atom. The number of hydrogen-bond donors (Lipinski definition) is 0. The highest BCUT2D eigenvalue weighted by Gasteiger charge is 2.27. The topological polar surface area (TPSA) is 56.8 Å². The molecule has 36 heavy (non-hydrogen) atoms. The SMILES string of the molecule is CCc1ccc(C(=O)N2CCCC(c3cccc(C(=O)N4CCN(c5ccccn5)CC4)c3)C2)cc1. The van der Waals surface area contributed by atoms with Gasteiger partial charge in [0.1, 0.15) is 5.82 Å². The van der Waals surface area contributed by atoms with Gasteiger partial charge in [-0.25, -0.2) is 4.98 Å². The maximum Gasteiger partial charge on any atom is 0.253 e. The molecule has 0 bridgehead atoms. The summed E-state index contributed by atoms with van der Waals surface area (Å²) >= 11 is 0. The van der Waals surface area contributed by atoms with E-state index in [2.05, 4.69) is 22.9 Å². The van der Waals surface area contributed by atoms with Gasteiger partial charge in [0, 0.05) is 62.5 Å². The number of carbonyl (C=O) groups excluding carboxylic acids is 2. The minimum Gasteiger partial charge on any atom is -0.353 e. The maximum absolute atomic E-state index is 13.3. The van der Waals surface area contributed by atoms with Crippen LogP contribution >= 0.6 is 0 Å². The number of benzene rings is 2. The van der Waals surface area contributed by atoms with E-state index in [1.807, 2.05) is 70.5 Å². The van der Waals surface area contributed by atoms with Crippen LogP contribution in [-0.4, -0.2) is 65.9 Å². The standard InChI is InChI=1S/C30H34N4O2/c1-2-23-11-13-24(14-12-23)29(35)34-16-6-9-27(22-34)25-7-5-8-26(21-25)30(36)33-19-17-32(18-20-33)28-10-3-4-15-31-28/h3-5,7-8,10-15,21,27H,2,6,9,16-20,22H2,1H3. The molecular weight excluding hydrogens is 448 g/mol. The molecule has 0 saturated carbocycles. The summed E-state index contributed by atoms with van der Waals surface area (Å²) in [5.74, 6) is 1.38. The molecule has 2 aliphatic rings. The Morgan fingerprint density at radius 3 is 2.33 bits per heavy atom. The molecule has 5 rings (SSSR count). The fraction of sp³-hybridized carbons (Fsp3) is 0.367. The van der Waals surface area contributed by atoms with Crippen molar-refractivity contribution in [2.24, 2.45) is 0 Å². The van der Waals surface area contributed by atoms with E-state index in [-0.39, 0.29) is 17.7 Å². The van der Waals surface area contributed by atoms with E-state index in [0.29, 0.717) is 19.6 Å². The molecule has 2 saturated heterocycles. The number of likely N-dealkylation sites (tertiary alicyclic amines) is 1. The van der Waals surface area contributed by atoms with Gasteiger partial charge >= 0.3 is 0 Å². The molecule has 1 unspecified atom stereocenters. The minimum absolute atomic E-state index is 0.0808. The van der Waals surface area contributed by atoms with Gasteiger partial charge in [-0.2, -0.15) is 0 Å². The lowest BCUT2D eigenvalue weighted by Crippen LogP contribution is -2.49. The molecule has 1 atom stereocenters. The zero-order valence-electron chi connectivity index (χ0n) is 21.0. The Labute approximate surface area is 213 Å². The summed E-state index contributed by atoms with van der Waals surface area (Å²) in [7, 11) is 0. The zero-order valence-corrected chi connectivity index (χ0v) is 21.0. The van der Waals surface area contributed by atoms with Crippen molar-refractivity contribution in [2.75, 3.05) is 44.2 Å². The first-order valence-electron chi connectivity index (χ1n) is 13.1. The lowest BCUT2D eigenvalue weighted by molar-refractivity contribution is 0.0704. The van der Waals surface area contributed by atoms with Crippen LogP contribution in [0.15, 0.2) is 72.9 Å². The predicted molar refractivity (Wildman–Crippen MR) is 142 cm³/mol. The number of carbonyl (C=O) groups is 2. The van der Waals surface area contributed by atoms with Crippen LogP contribution in [0.2, 0.25) is 0 Å². The van der Waals surface area contributed by atoms with Crippen LogP contribution < -0.4 is 4.90 Å². The van der Waals surface area contributed by atoms with Crippen molar-refractivity contribution in [3.8, 4) is 0 Å². The van der Waals surface area contributed by atoms with Crippen molar-refractivity contribution in [1.82, 2.24) is 14.8 Å². The van der Waals surface area contributed by atoms with Crippen LogP contribution in [0.4, 0.5) is 5.82 Å². The molecule has 0 aliphatic carbocycles. The number of anilines is 1. The highest BCUT2D eigenvalue weighted by atomic mass is 16.2. The molecule has 0 N–H and O–H groups in total. The van der Waals surface area contributed by atoms with Gasteiger partial charge in [-0.15, -0.1) is 0 Å². The van der Waals surface area contributed by atoms with E-state index in [1.54, 1.807) is 6.20 Å². The van der Waals surface area contributed by atoms with Crippen molar-refractivity contribution in [2.45, 2.75) is 32.1 Å². The number of hydrogen-bond acceptors (Lipinski definition) is 4. The second kappa shape index (κ2) is 10.9. The summed E-state index contributed by atoms with van der Waals surface area (Å²) in [4.78, 5) is 37.0. The zero-order chi connectivity index (χ0) is 24.9. The van der Waals surface area contributed by atoms with Crippen molar-refractivity contribution in [3.63, 3.8) is 0 Å². The number of amides is 2. The Hall–Kier alpha value is -3.67. The molecule has 0 radical (unpaired) electrons. The van der Waals surface area contributed by atoms with E-state index >= 15 is 0 Å². The number of aryl methyl sites for hydroxylation is 1. The number of aromatic nitrogens is 1. The summed E-state index contributed by atoms with van der Waals surface area (Å²) in [6.45, 7) is 6.51. The predicted octanol–water partition coefficient (Wildman–Crippen LogP) is 4.63. The summed E-state index contributed by atoms with van der Waals surface area (Å²) < 4.78 is 0. The first-order chi connectivity index (χ1) is 17.6. The first kappa shape index (κ1) is 24.0. The lowest BCUT2D eigenvalue weighted by atomic mass is 9.89. The van der Waals surface area contributed by atoms with E-state index in [4.69, 9.17) is 0 Å². The Bertz CT molecular complexity index is 1190. The first-order valence-corrected chi connectivity index (χ1v) is 13.1. The molecule has 0 spiro atoms. The number of nitrogens with zero attached hydrogens (tertiary/aromatic N) is 4. The average Bonchev–Trinajstić information content (AvgIpc) is 2.97. The summed E-state index contributed by atoms with van der Waals surface area (Å²) in [5, 5.41) is 0. The van der Waals surface area contributed by atoms with E-state index in [0.717, 1.165) is 61.4 Å². The lowest BCUT2D eigenvalue weighted by Gasteiger charge is -2.36. The van der Waals surface area contributed by atoms with Gasteiger partial charge in [0.05, 0.1) is 0 Å². The van der Waals surface area contributed by atoms with Crippen LogP contribution in [0, 0.1) is 0 Å². The molecule has 3 aromatic rings. The summed E-state index contributed by atoms with van der Waals surface area (Å²) in [6, 6.07) is 21.9. The molecule has 6 heteroatoms. The van der Waals surface area contributed by atoms with Gasteiger partial charge in [-0.05, 0) is 66.8 Å². The van der Waals surface area contributed by atoms with Crippen LogP contribution in [0.25, 0.3) is 0 Å². The molecule has 2 amide bonds. The van der Waals surface area contributed by atoms with Crippen LogP contribution in [-0.2, 0) is 6.42 Å². The Kier molecular flexibility index (Phi) is 7.31. The quantitative estimate of drug-likeness (QED) is 0.532. The van der Waals surface area contributed by atoms with Gasteiger partial charge in [0.2, 0.25) is 0 Å². The molecule has 2 aromatic carbocycles. The Balaban J connectivity index is 1.23. The number of piperidine rings is 1. The van der Waals surface area contributed by atoms with E-state index in [1.165, 1.54) is 5.56 Å². The fourth-order valence-electron chi connectivity index (χ4n) is 5.29. The molecular formula is C30H34N4O2. The molecule has 1 aromatic heterocycles. The molecule has 186 valence electrons. The number of pyridine rings is 1. The number of rotatable bonds is 5.